The number of cyclic esters (lactones) is 1. The van der Waals surface area contributed by atoms with E-state index in [1.54, 1.807) is 20.8 Å². The number of rotatable bonds is 1. The number of ether oxygens (including phenoxy) is 1. The van der Waals surface area contributed by atoms with Crippen molar-refractivity contribution in [3.8, 4) is 0 Å². The SMILES string of the molecule is CC(C)(C)C(=O)N1C(=O)OC[C@H]1C(=O)O. The highest BCUT2D eigenvalue weighted by Crippen LogP contribution is 2.23. The molecule has 15 heavy (non-hydrogen) atoms. The van der Waals surface area contributed by atoms with Crippen LogP contribution < -0.4 is 0 Å². The van der Waals surface area contributed by atoms with Crippen LogP contribution >= 0.6 is 0 Å². The molecular formula is C9H13NO5. The normalized spacial score (nSPS) is 21.4. The third kappa shape index (κ3) is 2.08. The van der Waals surface area contributed by atoms with Crippen LogP contribution in [0.15, 0.2) is 0 Å². The second kappa shape index (κ2) is 3.52. The maximum Gasteiger partial charge on any atom is 0.417 e. The molecule has 1 aliphatic rings. The van der Waals surface area contributed by atoms with Crippen LogP contribution in [0, 0.1) is 5.41 Å². The summed E-state index contributed by atoms with van der Waals surface area (Å²) in [5.41, 5.74) is -0.808. The van der Waals surface area contributed by atoms with Gasteiger partial charge in [0.1, 0.15) is 6.61 Å². The van der Waals surface area contributed by atoms with E-state index in [1.807, 2.05) is 0 Å². The number of carboxylic acids is 1. The number of amides is 2. The zero-order valence-corrected chi connectivity index (χ0v) is 8.81. The first kappa shape index (κ1) is 11.5. The van der Waals surface area contributed by atoms with E-state index in [1.165, 1.54) is 0 Å². The highest BCUT2D eigenvalue weighted by Gasteiger charge is 2.45. The van der Waals surface area contributed by atoms with Crippen LogP contribution in [-0.4, -0.2) is 40.6 Å². The average Bonchev–Trinajstić information content (AvgIpc) is 2.44. The standard InChI is InChI=1S/C9H13NO5/c1-9(2,3)7(13)10-5(6(11)12)4-15-8(10)14/h5H,4H2,1-3H3,(H,11,12)/t5-/m0/s1. The van der Waals surface area contributed by atoms with Crippen molar-refractivity contribution >= 4 is 18.0 Å². The Morgan fingerprint density at radius 2 is 2.00 bits per heavy atom. The van der Waals surface area contributed by atoms with Crippen molar-refractivity contribution in [3.05, 3.63) is 0 Å². The van der Waals surface area contributed by atoms with E-state index < -0.39 is 29.4 Å². The molecule has 0 aromatic carbocycles. The van der Waals surface area contributed by atoms with Gasteiger partial charge in [-0.05, 0) is 0 Å². The van der Waals surface area contributed by atoms with Gasteiger partial charge in [-0.3, -0.25) is 4.79 Å². The number of carboxylic acid groups (broad SMARTS) is 1. The van der Waals surface area contributed by atoms with Crippen LogP contribution in [0.25, 0.3) is 0 Å². The molecule has 1 fully saturated rings. The van der Waals surface area contributed by atoms with Gasteiger partial charge in [0.25, 0.3) is 0 Å². The Hall–Kier alpha value is -1.59. The molecule has 1 heterocycles. The smallest absolute Gasteiger partial charge is 0.417 e. The molecule has 1 rings (SSSR count). The topological polar surface area (TPSA) is 83.9 Å². The molecule has 1 atom stereocenters. The van der Waals surface area contributed by atoms with Gasteiger partial charge in [0.05, 0.1) is 0 Å². The first-order valence-electron chi connectivity index (χ1n) is 4.48. The Labute approximate surface area is 86.8 Å². The number of carbonyl (C=O) groups is 3. The summed E-state index contributed by atoms with van der Waals surface area (Å²) in [6.45, 7) is 4.55. The minimum Gasteiger partial charge on any atom is -0.480 e. The molecular weight excluding hydrogens is 202 g/mol. The van der Waals surface area contributed by atoms with E-state index in [-0.39, 0.29) is 6.61 Å². The number of aliphatic carboxylic acids is 1. The summed E-state index contributed by atoms with van der Waals surface area (Å²) in [7, 11) is 0. The lowest BCUT2D eigenvalue weighted by molar-refractivity contribution is -0.149. The Kier molecular flexibility index (Phi) is 2.70. The summed E-state index contributed by atoms with van der Waals surface area (Å²) in [5.74, 6) is -1.78. The third-order valence-electron chi connectivity index (χ3n) is 2.02. The van der Waals surface area contributed by atoms with Gasteiger partial charge >= 0.3 is 12.1 Å². The molecule has 0 spiro atoms. The molecule has 2 amide bonds. The van der Waals surface area contributed by atoms with Crippen molar-refractivity contribution in [1.82, 2.24) is 4.90 Å². The fraction of sp³-hybridized carbons (Fsp3) is 0.667. The van der Waals surface area contributed by atoms with Crippen molar-refractivity contribution in [2.24, 2.45) is 5.41 Å². The van der Waals surface area contributed by atoms with Gasteiger partial charge in [0, 0.05) is 5.41 Å². The largest absolute Gasteiger partial charge is 0.480 e. The number of nitrogens with zero attached hydrogens (tertiary/aromatic N) is 1. The lowest BCUT2D eigenvalue weighted by atomic mass is 9.94. The van der Waals surface area contributed by atoms with Crippen molar-refractivity contribution < 1.29 is 24.2 Å². The monoisotopic (exact) mass is 215 g/mol. The van der Waals surface area contributed by atoms with E-state index in [2.05, 4.69) is 4.74 Å². The summed E-state index contributed by atoms with van der Waals surface area (Å²) in [6, 6.07) is -1.20. The van der Waals surface area contributed by atoms with Gasteiger partial charge in [-0.15, -0.1) is 0 Å². The van der Waals surface area contributed by atoms with Crippen molar-refractivity contribution in [3.63, 3.8) is 0 Å². The third-order valence-corrected chi connectivity index (χ3v) is 2.02. The number of hydrogen-bond acceptors (Lipinski definition) is 4. The molecule has 0 saturated carbocycles. The molecule has 0 radical (unpaired) electrons. The first-order valence-corrected chi connectivity index (χ1v) is 4.48. The molecule has 0 bridgehead atoms. The van der Waals surface area contributed by atoms with Crippen LogP contribution in [0.5, 0.6) is 0 Å². The van der Waals surface area contributed by atoms with Gasteiger partial charge in [-0.25, -0.2) is 14.5 Å². The van der Waals surface area contributed by atoms with E-state index in [0.717, 1.165) is 0 Å². The Morgan fingerprint density at radius 3 is 2.40 bits per heavy atom. The number of imide groups is 1. The van der Waals surface area contributed by atoms with Crippen molar-refractivity contribution in [2.75, 3.05) is 6.61 Å². The minimum atomic E-state index is -1.24. The van der Waals surface area contributed by atoms with Gasteiger partial charge in [0.15, 0.2) is 6.04 Å². The fourth-order valence-corrected chi connectivity index (χ4v) is 1.19. The maximum absolute atomic E-state index is 11.8. The maximum atomic E-state index is 11.8. The molecule has 0 aromatic rings. The second-order valence-corrected chi connectivity index (χ2v) is 4.36. The lowest BCUT2D eigenvalue weighted by Crippen LogP contribution is -2.48. The van der Waals surface area contributed by atoms with Crippen molar-refractivity contribution in [2.45, 2.75) is 26.8 Å². The minimum absolute atomic E-state index is 0.282. The van der Waals surface area contributed by atoms with Crippen LogP contribution in [0.3, 0.4) is 0 Å². The lowest BCUT2D eigenvalue weighted by Gasteiger charge is -2.24. The van der Waals surface area contributed by atoms with Crippen LogP contribution in [-0.2, 0) is 14.3 Å². The molecule has 0 aliphatic carbocycles. The van der Waals surface area contributed by atoms with Gasteiger partial charge in [-0.1, -0.05) is 20.8 Å². The molecule has 0 unspecified atom stereocenters. The number of carbonyl (C=O) groups excluding carboxylic acids is 2. The first-order chi connectivity index (χ1) is 6.75. The molecule has 1 aliphatic heterocycles. The van der Waals surface area contributed by atoms with Crippen LogP contribution in [0.4, 0.5) is 4.79 Å². The van der Waals surface area contributed by atoms with Crippen LogP contribution in [0.1, 0.15) is 20.8 Å². The summed E-state index contributed by atoms with van der Waals surface area (Å²) >= 11 is 0. The Bertz CT molecular complexity index is 317. The quantitative estimate of drug-likeness (QED) is 0.687. The summed E-state index contributed by atoms with van der Waals surface area (Å²) < 4.78 is 4.54. The molecule has 6 nitrogen and oxygen atoms in total. The molecule has 1 saturated heterocycles. The van der Waals surface area contributed by atoms with Gasteiger partial charge in [0.2, 0.25) is 5.91 Å². The molecule has 6 heteroatoms. The summed E-state index contributed by atoms with van der Waals surface area (Å²) in [6.07, 6.45) is -0.887. The Balaban J connectivity index is 2.95. The highest BCUT2D eigenvalue weighted by atomic mass is 16.6. The van der Waals surface area contributed by atoms with E-state index in [9.17, 15) is 14.4 Å². The zero-order chi connectivity index (χ0) is 11.8. The van der Waals surface area contributed by atoms with E-state index in [0.29, 0.717) is 4.90 Å². The number of hydrogen-bond donors (Lipinski definition) is 1. The zero-order valence-electron chi connectivity index (χ0n) is 8.81. The van der Waals surface area contributed by atoms with E-state index in [4.69, 9.17) is 5.11 Å². The predicted octanol–water partition coefficient (Wildman–Crippen LogP) is 0.465. The average molecular weight is 215 g/mol. The summed E-state index contributed by atoms with van der Waals surface area (Å²) in [4.78, 5) is 34.4. The summed E-state index contributed by atoms with van der Waals surface area (Å²) in [5, 5.41) is 8.79. The Morgan fingerprint density at radius 1 is 1.47 bits per heavy atom. The molecule has 1 N–H and O–H groups in total. The fourth-order valence-electron chi connectivity index (χ4n) is 1.19. The highest BCUT2D eigenvalue weighted by molar-refractivity contribution is 6.00. The molecule has 84 valence electrons. The predicted molar refractivity (Wildman–Crippen MR) is 49.1 cm³/mol. The second-order valence-electron chi connectivity index (χ2n) is 4.36. The van der Waals surface area contributed by atoms with Gasteiger partial charge < -0.3 is 9.84 Å². The van der Waals surface area contributed by atoms with Crippen LogP contribution in [0.2, 0.25) is 0 Å². The van der Waals surface area contributed by atoms with Gasteiger partial charge in [-0.2, -0.15) is 0 Å². The van der Waals surface area contributed by atoms with Crippen molar-refractivity contribution in [1.29, 1.82) is 0 Å². The molecule has 0 aromatic heterocycles. The van der Waals surface area contributed by atoms with E-state index >= 15 is 0 Å².